The van der Waals surface area contributed by atoms with Gasteiger partial charge < -0.3 is 9.22 Å². The van der Waals surface area contributed by atoms with Crippen LogP contribution in [0.5, 0.6) is 0 Å². The molecule has 0 saturated heterocycles. The zero-order valence-corrected chi connectivity index (χ0v) is 11.6. The van der Waals surface area contributed by atoms with Crippen LogP contribution < -0.4 is 0 Å². The molecule has 0 heterocycles. The summed E-state index contributed by atoms with van der Waals surface area (Å²) in [6, 6.07) is 0. The van der Waals surface area contributed by atoms with Crippen molar-refractivity contribution in [1.82, 2.24) is 0 Å². The van der Waals surface area contributed by atoms with Gasteiger partial charge in [-0.2, -0.15) is 0 Å². The highest BCUT2D eigenvalue weighted by atomic mass is 28.4. The van der Waals surface area contributed by atoms with Gasteiger partial charge in [-0.05, 0) is 32.0 Å². The van der Waals surface area contributed by atoms with Crippen molar-refractivity contribution in [2.24, 2.45) is 5.41 Å². The van der Waals surface area contributed by atoms with E-state index in [9.17, 15) is 4.79 Å². The van der Waals surface area contributed by atoms with Gasteiger partial charge >= 0.3 is 0 Å². The van der Waals surface area contributed by atoms with E-state index in [-0.39, 0.29) is 11.0 Å². The Morgan fingerprint density at radius 3 is 1.79 bits per heavy atom. The van der Waals surface area contributed by atoms with Crippen molar-refractivity contribution in [2.75, 3.05) is 0 Å². The molecule has 0 amide bonds. The van der Waals surface area contributed by atoms with Gasteiger partial charge in [-0.3, -0.25) is 0 Å². The van der Waals surface area contributed by atoms with Gasteiger partial charge in [0.25, 0.3) is 0 Å². The molecule has 2 nitrogen and oxygen atoms in total. The molecule has 0 saturated carbocycles. The second-order valence-electron chi connectivity index (χ2n) is 6.07. The van der Waals surface area contributed by atoms with Crippen molar-refractivity contribution >= 4 is 14.6 Å². The van der Waals surface area contributed by atoms with Gasteiger partial charge in [-0.1, -0.05) is 20.8 Å². The summed E-state index contributed by atoms with van der Waals surface area (Å²) in [6.07, 6.45) is 1.44. The van der Waals surface area contributed by atoms with Gasteiger partial charge in [-0.15, -0.1) is 0 Å². The minimum Gasteiger partial charge on any atom is -0.411 e. The van der Waals surface area contributed by atoms with Crippen LogP contribution >= 0.6 is 0 Å². The highest BCUT2D eigenvalue weighted by Gasteiger charge is 2.41. The van der Waals surface area contributed by atoms with Crippen molar-refractivity contribution in [3.05, 3.63) is 0 Å². The predicted octanol–water partition coefficient (Wildman–Crippen LogP) is 3.23. The predicted molar refractivity (Wildman–Crippen MR) is 63.0 cm³/mol. The summed E-state index contributed by atoms with van der Waals surface area (Å²) in [6.45, 7) is 14.9. The van der Waals surface area contributed by atoms with Gasteiger partial charge in [0.2, 0.25) is 0 Å². The number of carbonyl (C=O) groups is 1. The van der Waals surface area contributed by atoms with Crippen molar-refractivity contribution in [3.8, 4) is 0 Å². The molecule has 0 aliphatic rings. The highest BCUT2D eigenvalue weighted by molar-refractivity contribution is 6.69. The standard InChI is InChI=1S/C11H24O2Si/c1-10(2,3)11(4,8-9-12)13-14(5,6)7/h9H,8H2,1-7H3. The fourth-order valence-electron chi connectivity index (χ4n) is 1.34. The van der Waals surface area contributed by atoms with Crippen molar-refractivity contribution < 1.29 is 9.22 Å². The minimum atomic E-state index is -1.60. The summed E-state index contributed by atoms with van der Waals surface area (Å²) < 4.78 is 6.14. The van der Waals surface area contributed by atoms with E-state index < -0.39 is 8.32 Å². The summed E-state index contributed by atoms with van der Waals surface area (Å²) in [7, 11) is -1.60. The summed E-state index contributed by atoms with van der Waals surface area (Å²) in [5.41, 5.74) is -0.340. The molecule has 1 unspecified atom stereocenters. The molecular formula is C11H24O2Si. The molecule has 0 rings (SSSR count). The number of rotatable bonds is 4. The molecule has 0 bridgehead atoms. The number of hydrogen-bond donors (Lipinski definition) is 0. The summed E-state index contributed by atoms with van der Waals surface area (Å²) in [4.78, 5) is 10.7. The van der Waals surface area contributed by atoms with E-state index in [1.807, 2.05) is 6.92 Å². The van der Waals surface area contributed by atoms with Crippen LogP contribution in [0.1, 0.15) is 34.1 Å². The first-order valence-electron chi connectivity index (χ1n) is 5.16. The Labute approximate surface area is 89.2 Å². The van der Waals surface area contributed by atoms with E-state index in [0.717, 1.165) is 6.29 Å². The Hall–Kier alpha value is -0.153. The Morgan fingerprint density at radius 2 is 1.57 bits per heavy atom. The molecule has 0 aromatic heterocycles. The molecule has 0 fully saturated rings. The molecule has 0 spiro atoms. The van der Waals surface area contributed by atoms with E-state index in [2.05, 4.69) is 40.4 Å². The van der Waals surface area contributed by atoms with Crippen molar-refractivity contribution in [2.45, 2.75) is 59.4 Å². The second-order valence-corrected chi connectivity index (χ2v) is 10.5. The molecular weight excluding hydrogens is 192 g/mol. The lowest BCUT2D eigenvalue weighted by atomic mass is 9.76. The van der Waals surface area contributed by atoms with Crippen LogP contribution in [0.4, 0.5) is 0 Å². The van der Waals surface area contributed by atoms with Crippen molar-refractivity contribution in [3.63, 3.8) is 0 Å². The molecule has 3 heteroatoms. The first-order chi connectivity index (χ1) is 6.02. The average molecular weight is 216 g/mol. The van der Waals surface area contributed by atoms with Gasteiger partial charge in [0.05, 0.1) is 5.60 Å². The first kappa shape index (κ1) is 13.8. The quantitative estimate of drug-likeness (QED) is 0.533. The van der Waals surface area contributed by atoms with Crippen LogP contribution in [-0.4, -0.2) is 20.2 Å². The minimum absolute atomic E-state index is 0.00576. The van der Waals surface area contributed by atoms with Crippen LogP contribution in [-0.2, 0) is 9.22 Å². The normalized spacial score (nSPS) is 17.6. The molecule has 0 aromatic carbocycles. The van der Waals surface area contributed by atoms with Gasteiger partial charge in [0.15, 0.2) is 8.32 Å². The molecule has 0 aliphatic carbocycles. The highest BCUT2D eigenvalue weighted by Crippen LogP contribution is 2.37. The monoisotopic (exact) mass is 216 g/mol. The van der Waals surface area contributed by atoms with E-state index >= 15 is 0 Å². The molecule has 14 heavy (non-hydrogen) atoms. The number of aldehydes is 1. The molecule has 0 N–H and O–H groups in total. The summed E-state index contributed by atoms with van der Waals surface area (Å²) in [5, 5.41) is 0. The Morgan fingerprint density at radius 1 is 1.14 bits per heavy atom. The maximum absolute atomic E-state index is 10.7. The Bertz CT molecular complexity index is 200. The maximum atomic E-state index is 10.7. The smallest absolute Gasteiger partial charge is 0.184 e. The molecule has 84 valence electrons. The number of carbonyl (C=O) groups excluding carboxylic acids is 1. The lowest BCUT2D eigenvalue weighted by Gasteiger charge is -2.45. The molecule has 0 aromatic rings. The molecule has 0 radical (unpaired) electrons. The van der Waals surface area contributed by atoms with E-state index in [1.54, 1.807) is 0 Å². The van der Waals surface area contributed by atoms with E-state index in [4.69, 9.17) is 4.43 Å². The van der Waals surface area contributed by atoms with Gasteiger partial charge in [-0.25, -0.2) is 0 Å². The third kappa shape index (κ3) is 3.92. The van der Waals surface area contributed by atoms with Crippen LogP contribution in [0.25, 0.3) is 0 Å². The second kappa shape index (κ2) is 4.15. The largest absolute Gasteiger partial charge is 0.411 e. The average Bonchev–Trinajstić information content (AvgIpc) is 1.79. The Kier molecular flexibility index (Phi) is 4.10. The van der Waals surface area contributed by atoms with Crippen LogP contribution in [0, 0.1) is 5.41 Å². The molecule has 0 aliphatic heterocycles. The van der Waals surface area contributed by atoms with Crippen LogP contribution in [0.2, 0.25) is 19.6 Å². The topological polar surface area (TPSA) is 26.3 Å². The molecule has 1 atom stereocenters. The SMILES string of the molecule is CC(C)(C)C(C)(CC=O)O[Si](C)(C)C. The zero-order chi connectivity index (χ0) is 11.6. The van der Waals surface area contributed by atoms with E-state index in [1.165, 1.54) is 0 Å². The fraction of sp³-hybridized carbons (Fsp3) is 0.909. The van der Waals surface area contributed by atoms with Crippen molar-refractivity contribution in [1.29, 1.82) is 0 Å². The zero-order valence-electron chi connectivity index (χ0n) is 10.6. The van der Waals surface area contributed by atoms with E-state index in [0.29, 0.717) is 6.42 Å². The fourth-order valence-corrected chi connectivity index (χ4v) is 3.08. The maximum Gasteiger partial charge on any atom is 0.184 e. The number of hydrogen-bond acceptors (Lipinski definition) is 2. The van der Waals surface area contributed by atoms with Crippen LogP contribution in [0.3, 0.4) is 0 Å². The first-order valence-corrected chi connectivity index (χ1v) is 8.56. The third-order valence-electron chi connectivity index (χ3n) is 2.59. The van der Waals surface area contributed by atoms with Gasteiger partial charge in [0.1, 0.15) is 6.29 Å². The summed E-state index contributed by atoms with van der Waals surface area (Å²) >= 11 is 0. The third-order valence-corrected chi connectivity index (χ3v) is 3.65. The lowest BCUT2D eigenvalue weighted by Crippen LogP contribution is -2.49. The van der Waals surface area contributed by atoms with Crippen LogP contribution in [0.15, 0.2) is 0 Å². The lowest BCUT2D eigenvalue weighted by molar-refractivity contribution is -0.115. The van der Waals surface area contributed by atoms with Gasteiger partial charge in [0, 0.05) is 6.42 Å². The summed E-state index contributed by atoms with van der Waals surface area (Å²) in [5.74, 6) is 0. The Balaban J connectivity index is 4.82.